The van der Waals surface area contributed by atoms with Gasteiger partial charge in [0.1, 0.15) is 11.6 Å². The van der Waals surface area contributed by atoms with E-state index in [1.54, 1.807) is 0 Å². The third-order valence-electron chi connectivity index (χ3n) is 3.76. The molecule has 1 aromatic rings. The molecular weight excluding hydrogens is 302 g/mol. The number of aromatic nitrogens is 2. The second-order valence-corrected chi connectivity index (χ2v) is 7.04. The molecule has 1 aromatic heterocycles. The van der Waals surface area contributed by atoms with Crippen molar-refractivity contribution in [1.82, 2.24) is 9.97 Å². The average molecular weight is 326 g/mol. The van der Waals surface area contributed by atoms with Crippen LogP contribution in [0, 0.1) is 6.92 Å². The Morgan fingerprint density at radius 3 is 2.89 bits per heavy atom. The van der Waals surface area contributed by atoms with Gasteiger partial charge in [0.05, 0.1) is 0 Å². The average Bonchev–Trinajstić information content (AvgIpc) is 2.38. The molecule has 0 aromatic carbocycles. The molecule has 1 saturated heterocycles. The number of hydrogen-bond donors (Lipinski definition) is 0. The maximum atomic E-state index is 4.66. The maximum Gasteiger partial charge on any atom is 0.132 e. The van der Waals surface area contributed by atoms with Crippen molar-refractivity contribution in [2.75, 3.05) is 11.4 Å². The minimum atomic E-state index is 0.562. The van der Waals surface area contributed by atoms with Crippen LogP contribution in [0.1, 0.15) is 51.0 Å². The molecule has 3 nitrogen and oxygen atoms in total. The monoisotopic (exact) mass is 325 g/mol. The van der Waals surface area contributed by atoms with Gasteiger partial charge in [-0.15, -0.1) is 0 Å². The molecule has 2 heterocycles. The minimum Gasteiger partial charge on any atom is -0.353 e. The maximum absolute atomic E-state index is 4.66. The molecule has 0 radical (unpaired) electrons. The number of piperidine rings is 1. The first-order chi connectivity index (χ1) is 9.10. The summed E-state index contributed by atoms with van der Waals surface area (Å²) in [5.74, 6) is 2.02. The van der Waals surface area contributed by atoms with Crippen LogP contribution in [0.5, 0.6) is 0 Å². The van der Waals surface area contributed by atoms with Crippen LogP contribution in [0.3, 0.4) is 0 Å². The predicted octanol–water partition coefficient (Wildman–Crippen LogP) is 3.88. The summed E-state index contributed by atoms with van der Waals surface area (Å²) < 4.78 is 0. The molecule has 0 N–H and O–H groups in total. The molecule has 2 atom stereocenters. The highest BCUT2D eigenvalue weighted by Gasteiger charge is 2.25. The van der Waals surface area contributed by atoms with E-state index >= 15 is 0 Å². The Bertz CT molecular complexity index is 420. The van der Waals surface area contributed by atoms with Gasteiger partial charge in [-0.2, -0.15) is 0 Å². The van der Waals surface area contributed by atoms with Crippen LogP contribution < -0.4 is 4.90 Å². The van der Waals surface area contributed by atoms with E-state index in [0.29, 0.717) is 10.9 Å². The summed E-state index contributed by atoms with van der Waals surface area (Å²) in [7, 11) is 0. The number of aryl methyl sites for hydroxylation is 2. The quantitative estimate of drug-likeness (QED) is 0.786. The SMILES string of the molecule is CCc1cc(N2CCCCC2CC(C)Br)nc(C)n1. The molecule has 1 aliphatic rings. The Hall–Kier alpha value is -0.640. The minimum absolute atomic E-state index is 0.562. The van der Waals surface area contributed by atoms with Crippen molar-refractivity contribution in [3.63, 3.8) is 0 Å². The van der Waals surface area contributed by atoms with Crippen LogP contribution in [0.4, 0.5) is 5.82 Å². The highest BCUT2D eigenvalue weighted by Crippen LogP contribution is 2.27. The van der Waals surface area contributed by atoms with Gasteiger partial charge in [0.15, 0.2) is 0 Å². The second kappa shape index (κ2) is 6.69. The van der Waals surface area contributed by atoms with Gasteiger partial charge < -0.3 is 4.90 Å². The molecule has 0 bridgehead atoms. The third kappa shape index (κ3) is 3.91. The van der Waals surface area contributed by atoms with Gasteiger partial charge >= 0.3 is 0 Å². The molecule has 4 heteroatoms. The zero-order valence-electron chi connectivity index (χ0n) is 12.2. The Morgan fingerprint density at radius 2 is 2.21 bits per heavy atom. The van der Waals surface area contributed by atoms with Gasteiger partial charge in [-0.1, -0.05) is 29.8 Å². The van der Waals surface area contributed by atoms with E-state index in [1.165, 1.54) is 25.7 Å². The van der Waals surface area contributed by atoms with E-state index in [-0.39, 0.29) is 0 Å². The molecule has 2 rings (SSSR count). The number of hydrogen-bond acceptors (Lipinski definition) is 3. The van der Waals surface area contributed by atoms with Crippen LogP contribution in [0.15, 0.2) is 6.07 Å². The molecule has 1 aliphatic heterocycles. The summed E-state index contributed by atoms with van der Waals surface area (Å²) in [5, 5.41) is 0. The molecule has 0 amide bonds. The summed E-state index contributed by atoms with van der Waals surface area (Å²) in [6.45, 7) is 7.51. The van der Waals surface area contributed by atoms with E-state index < -0.39 is 0 Å². The highest BCUT2D eigenvalue weighted by atomic mass is 79.9. The Kier molecular flexibility index (Phi) is 5.20. The number of nitrogens with zero attached hydrogens (tertiary/aromatic N) is 3. The number of alkyl halides is 1. The van der Waals surface area contributed by atoms with Crippen molar-refractivity contribution in [3.8, 4) is 0 Å². The number of halogens is 1. The first-order valence-electron chi connectivity index (χ1n) is 7.35. The Balaban J connectivity index is 2.23. The molecule has 0 aliphatic carbocycles. The van der Waals surface area contributed by atoms with E-state index in [9.17, 15) is 0 Å². The van der Waals surface area contributed by atoms with Crippen molar-refractivity contribution in [3.05, 3.63) is 17.6 Å². The van der Waals surface area contributed by atoms with Crippen molar-refractivity contribution < 1.29 is 0 Å². The lowest BCUT2D eigenvalue weighted by Gasteiger charge is -2.37. The summed E-state index contributed by atoms with van der Waals surface area (Å²) >= 11 is 3.69. The lowest BCUT2D eigenvalue weighted by atomic mass is 9.98. The van der Waals surface area contributed by atoms with E-state index in [1.807, 2.05) is 6.92 Å². The molecule has 19 heavy (non-hydrogen) atoms. The summed E-state index contributed by atoms with van der Waals surface area (Å²) in [6, 6.07) is 2.78. The summed E-state index contributed by atoms with van der Waals surface area (Å²) in [5.41, 5.74) is 1.15. The molecule has 2 unspecified atom stereocenters. The normalized spacial score (nSPS) is 21.5. The van der Waals surface area contributed by atoms with E-state index in [0.717, 1.165) is 30.3 Å². The fourth-order valence-corrected chi connectivity index (χ4v) is 3.29. The van der Waals surface area contributed by atoms with Gasteiger partial charge in [-0.3, -0.25) is 0 Å². The van der Waals surface area contributed by atoms with Crippen LogP contribution >= 0.6 is 15.9 Å². The van der Waals surface area contributed by atoms with E-state index in [2.05, 4.69) is 50.7 Å². The van der Waals surface area contributed by atoms with Crippen LogP contribution in [-0.2, 0) is 6.42 Å². The first-order valence-corrected chi connectivity index (χ1v) is 8.27. The fourth-order valence-electron chi connectivity index (χ4n) is 2.86. The van der Waals surface area contributed by atoms with E-state index in [4.69, 9.17) is 0 Å². The zero-order chi connectivity index (χ0) is 13.8. The van der Waals surface area contributed by atoms with Gasteiger partial charge in [0.25, 0.3) is 0 Å². The Morgan fingerprint density at radius 1 is 1.42 bits per heavy atom. The second-order valence-electron chi connectivity index (χ2n) is 5.48. The van der Waals surface area contributed by atoms with Crippen molar-refractivity contribution in [1.29, 1.82) is 0 Å². The molecule has 106 valence electrons. The largest absolute Gasteiger partial charge is 0.353 e. The fraction of sp³-hybridized carbons (Fsp3) is 0.733. The third-order valence-corrected chi connectivity index (χ3v) is 4.13. The number of rotatable bonds is 4. The van der Waals surface area contributed by atoms with Crippen molar-refractivity contribution in [2.45, 2.75) is 63.7 Å². The van der Waals surface area contributed by atoms with Gasteiger partial charge in [0, 0.05) is 29.2 Å². The predicted molar refractivity (Wildman–Crippen MR) is 84.1 cm³/mol. The topological polar surface area (TPSA) is 29.0 Å². The summed E-state index contributed by atoms with van der Waals surface area (Å²) in [6.07, 6.45) is 6.05. The van der Waals surface area contributed by atoms with Gasteiger partial charge in [-0.05, 0) is 39.0 Å². The highest BCUT2D eigenvalue weighted by molar-refractivity contribution is 9.09. The van der Waals surface area contributed by atoms with Crippen LogP contribution in [0.25, 0.3) is 0 Å². The zero-order valence-corrected chi connectivity index (χ0v) is 13.8. The van der Waals surface area contributed by atoms with Crippen LogP contribution in [0.2, 0.25) is 0 Å². The lowest BCUT2D eigenvalue weighted by Crippen LogP contribution is -2.41. The standard InChI is InChI=1S/C15H24BrN3/c1-4-13-10-15(18-12(3)17-13)19-8-6-5-7-14(19)9-11(2)16/h10-11,14H,4-9H2,1-3H3. The smallest absolute Gasteiger partial charge is 0.132 e. The first kappa shape index (κ1) is 14.8. The molecule has 0 spiro atoms. The van der Waals surface area contributed by atoms with Gasteiger partial charge in [-0.25, -0.2) is 9.97 Å². The molecular formula is C15H24BrN3. The van der Waals surface area contributed by atoms with Crippen molar-refractivity contribution in [2.24, 2.45) is 0 Å². The summed E-state index contributed by atoms with van der Waals surface area (Å²) in [4.78, 5) is 12.2. The molecule has 1 fully saturated rings. The Labute approximate surface area is 125 Å². The van der Waals surface area contributed by atoms with Gasteiger partial charge in [0.2, 0.25) is 0 Å². The molecule has 0 saturated carbocycles. The number of anilines is 1. The lowest BCUT2D eigenvalue weighted by molar-refractivity contribution is 0.435. The van der Waals surface area contributed by atoms with Crippen molar-refractivity contribution >= 4 is 21.7 Å². The van der Waals surface area contributed by atoms with Crippen LogP contribution in [-0.4, -0.2) is 27.4 Å².